The lowest BCUT2D eigenvalue weighted by Crippen LogP contribution is -2.46. The van der Waals surface area contributed by atoms with Crippen LogP contribution in [0.4, 0.5) is 0 Å². The number of fused-ring (bicyclic) bond motifs is 4. The van der Waals surface area contributed by atoms with Gasteiger partial charge in [-0.3, -0.25) is 0 Å². The lowest BCUT2D eigenvalue weighted by atomic mass is 9.99. The third-order valence-electron chi connectivity index (χ3n) is 6.82. The molecule has 0 amide bonds. The highest BCUT2D eigenvalue weighted by Crippen LogP contribution is 2.77. The summed E-state index contributed by atoms with van der Waals surface area (Å²) in [7, 11) is 0. The molecule has 0 N–H and O–H groups in total. The second-order valence-corrected chi connectivity index (χ2v) is 14.7. The molecule has 4 rings (SSSR count). The first kappa shape index (κ1) is 11.6. The smallest absolute Gasteiger partial charge is 0.145 e. The molecule has 0 radical (unpaired) electrons. The van der Waals surface area contributed by atoms with Crippen LogP contribution >= 0.6 is 22.2 Å². The molecule has 0 aliphatic heterocycles. The van der Waals surface area contributed by atoms with Gasteiger partial charge in [0.05, 0.1) is 0 Å². The molecule has 3 heteroatoms. The van der Waals surface area contributed by atoms with E-state index in [0.717, 1.165) is 11.8 Å². The fourth-order valence-electron chi connectivity index (χ4n) is 5.83. The number of hydrogen-bond donors (Lipinski definition) is 0. The van der Waals surface area contributed by atoms with Crippen LogP contribution in [0.1, 0.15) is 64.2 Å². The zero-order valence-corrected chi connectivity index (χ0v) is 13.0. The van der Waals surface area contributed by atoms with Crippen molar-refractivity contribution in [2.45, 2.75) is 74.3 Å². The summed E-state index contributed by atoms with van der Waals surface area (Å²) in [6.45, 7) is -2.11. The van der Waals surface area contributed by atoms with Crippen molar-refractivity contribution in [2.24, 2.45) is 11.8 Å². The molecule has 0 heterocycles. The molecule has 4 aliphatic rings. The van der Waals surface area contributed by atoms with Crippen LogP contribution < -0.4 is 0 Å². The zero-order valence-electron chi connectivity index (χ0n) is 10.5. The van der Waals surface area contributed by atoms with Crippen LogP contribution in [0.25, 0.3) is 0 Å². The highest BCUT2D eigenvalue weighted by molar-refractivity contribution is 7.47. The minimum Gasteiger partial charge on any atom is -0.145 e. The topological polar surface area (TPSA) is 0 Å². The van der Waals surface area contributed by atoms with Crippen molar-refractivity contribution >= 4 is 28.9 Å². The summed E-state index contributed by atoms with van der Waals surface area (Å²) in [5.41, 5.74) is 0. The minimum absolute atomic E-state index is 0.431. The van der Waals surface area contributed by atoms with Crippen molar-refractivity contribution in [3.8, 4) is 0 Å². The van der Waals surface area contributed by atoms with Crippen molar-refractivity contribution < 1.29 is 0 Å². The predicted molar refractivity (Wildman–Crippen MR) is 76.0 cm³/mol. The van der Waals surface area contributed by atoms with E-state index in [1.807, 2.05) is 0 Å². The monoisotopic (exact) mass is 288 g/mol. The minimum atomic E-state index is -2.11. The summed E-state index contributed by atoms with van der Waals surface area (Å²) in [6.07, 6.45) is 13.9. The summed E-state index contributed by atoms with van der Waals surface area (Å²) in [5.74, 6) is 1.96. The van der Waals surface area contributed by atoms with Gasteiger partial charge in [0.25, 0.3) is 6.69 Å². The molecule has 17 heavy (non-hydrogen) atoms. The molecule has 4 saturated carbocycles. The van der Waals surface area contributed by atoms with Gasteiger partial charge in [0.15, 0.2) is 0 Å². The maximum atomic E-state index is 7.22. The first-order valence-electron chi connectivity index (χ1n) is 7.45. The maximum Gasteiger partial charge on any atom is 0.263 e. The molecule has 4 bridgehead atoms. The average Bonchev–Trinajstić information content (AvgIpc) is 3.09. The van der Waals surface area contributed by atoms with Crippen molar-refractivity contribution in [2.75, 3.05) is 0 Å². The van der Waals surface area contributed by atoms with E-state index in [1.165, 1.54) is 64.2 Å². The van der Waals surface area contributed by atoms with Crippen LogP contribution in [0.2, 0.25) is 10.1 Å². The van der Waals surface area contributed by atoms with E-state index in [0.29, 0.717) is 10.1 Å². The van der Waals surface area contributed by atoms with Crippen molar-refractivity contribution in [1.29, 1.82) is 0 Å². The summed E-state index contributed by atoms with van der Waals surface area (Å²) < 4.78 is 0. The van der Waals surface area contributed by atoms with Gasteiger partial charge in [0, 0.05) is 0 Å². The van der Waals surface area contributed by atoms with Gasteiger partial charge in [-0.15, -0.1) is 22.2 Å². The quantitative estimate of drug-likeness (QED) is 0.460. The summed E-state index contributed by atoms with van der Waals surface area (Å²) in [6, 6.07) is 0. The number of halogens is 2. The molecular formula is C14H22Cl2Si. The SMILES string of the molecule is Cl[Si](Cl)(C12CCC(CC1)C2)C12CCC(CC1)C2. The summed E-state index contributed by atoms with van der Waals surface area (Å²) >= 11 is 14.4. The van der Waals surface area contributed by atoms with E-state index in [2.05, 4.69) is 0 Å². The second-order valence-electron chi connectivity index (χ2n) is 7.43. The largest absolute Gasteiger partial charge is 0.263 e. The molecule has 4 fully saturated rings. The average molecular weight is 289 g/mol. The molecule has 0 saturated heterocycles. The molecule has 0 atom stereocenters. The molecule has 0 aromatic carbocycles. The lowest BCUT2D eigenvalue weighted by Gasteiger charge is -2.47. The molecule has 4 aliphatic carbocycles. The summed E-state index contributed by atoms with van der Waals surface area (Å²) in [4.78, 5) is 0. The molecule has 0 unspecified atom stereocenters. The Balaban J connectivity index is 1.71. The standard InChI is InChI=1S/C14H22Cl2Si/c15-17(16,13-5-1-11(9-13)2-6-13)14-7-3-12(10-14)4-8-14/h11-12H,1-10H2. The Morgan fingerprint density at radius 1 is 0.706 bits per heavy atom. The normalized spacial score (nSPS) is 52.6. The van der Waals surface area contributed by atoms with Gasteiger partial charge in [-0.1, -0.05) is 25.7 Å². The van der Waals surface area contributed by atoms with Gasteiger partial charge in [-0.25, -0.2) is 0 Å². The fraction of sp³-hybridized carbons (Fsp3) is 1.00. The van der Waals surface area contributed by atoms with E-state index in [9.17, 15) is 0 Å². The van der Waals surface area contributed by atoms with Crippen LogP contribution in [0.3, 0.4) is 0 Å². The molecule has 0 nitrogen and oxygen atoms in total. The first-order valence-corrected chi connectivity index (χ1v) is 11.5. The van der Waals surface area contributed by atoms with Crippen molar-refractivity contribution in [3.63, 3.8) is 0 Å². The molecular weight excluding hydrogens is 267 g/mol. The van der Waals surface area contributed by atoms with E-state index in [-0.39, 0.29) is 0 Å². The van der Waals surface area contributed by atoms with Crippen LogP contribution in [-0.4, -0.2) is 6.69 Å². The van der Waals surface area contributed by atoms with E-state index in [4.69, 9.17) is 22.2 Å². The third-order valence-corrected chi connectivity index (χ3v) is 15.7. The molecule has 0 aromatic heterocycles. The Hall–Kier alpha value is 0.797. The Morgan fingerprint density at radius 3 is 1.29 bits per heavy atom. The molecule has 0 spiro atoms. The van der Waals surface area contributed by atoms with Gasteiger partial charge in [0.1, 0.15) is 0 Å². The van der Waals surface area contributed by atoms with Crippen LogP contribution in [0, 0.1) is 11.8 Å². The lowest BCUT2D eigenvalue weighted by molar-refractivity contribution is 0.449. The first-order chi connectivity index (χ1) is 8.07. The molecule has 96 valence electrons. The Kier molecular flexibility index (Phi) is 2.36. The van der Waals surface area contributed by atoms with Crippen molar-refractivity contribution in [3.05, 3.63) is 0 Å². The van der Waals surface area contributed by atoms with Crippen LogP contribution in [0.5, 0.6) is 0 Å². The fourth-order valence-corrected chi connectivity index (χ4v) is 13.1. The Morgan fingerprint density at radius 2 is 1.06 bits per heavy atom. The van der Waals surface area contributed by atoms with Gasteiger partial charge in [-0.05, 0) is 60.4 Å². The number of hydrogen-bond acceptors (Lipinski definition) is 0. The van der Waals surface area contributed by atoms with Gasteiger partial charge in [0.2, 0.25) is 0 Å². The Labute approximate surface area is 115 Å². The molecule has 0 aromatic rings. The maximum absolute atomic E-state index is 7.22. The van der Waals surface area contributed by atoms with E-state index < -0.39 is 6.69 Å². The van der Waals surface area contributed by atoms with E-state index >= 15 is 0 Å². The van der Waals surface area contributed by atoms with E-state index in [1.54, 1.807) is 0 Å². The predicted octanol–water partition coefficient (Wildman–Crippen LogP) is 5.57. The summed E-state index contributed by atoms with van der Waals surface area (Å²) in [5, 5.41) is 0.861. The Bertz CT molecular complexity index is 304. The van der Waals surface area contributed by atoms with Crippen LogP contribution in [0.15, 0.2) is 0 Å². The highest BCUT2D eigenvalue weighted by Gasteiger charge is 2.69. The highest BCUT2D eigenvalue weighted by atomic mass is 35.7. The van der Waals surface area contributed by atoms with Gasteiger partial charge >= 0.3 is 0 Å². The van der Waals surface area contributed by atoms with Crippen LogP contribution in [-0.2, 0) is 0 Å². The number of rotatable bonds is 2. The second kappa shape index (κ2) is 3.46. The zero-order chi connectivity index (χ0) is 11.7. The third kappa shape index (κ3) is 1.32. The van der Waals surface area contributed by atoms with Gasteiger partial charge < -0.3 is 0 Å². The van der Waals surface area contributed by atoms with Crippen molar-refractivity contribution in [1.82, 2.24) is 0 Å². The van der Waals surface area contributed by atoms with Gasteiger partial charge in [-0.2, -0.15) is 0 Å².